The zero-order valence-electron chi connectivity index (χ0n) is 22.1. The summed E-state index contributed by atoms with van der Waals surface area (Å²) in [4.78, 5) is 18.9. The third kappa shape index (κ3) is 5.14. The first-order chi connectivity index (χ1) is 18.7. The number of carbonyl (C=O) groups is 1. The number of aryl methyl sites for hydroxylation is 1. The lowest BCUT2D eigenvalue weighted by Crippen LogP contribution is -2.29. The minimum atomic E-state index is -0.280. The lowest BCUT2D eigenvalue weighted by molar-refractivity contribution is -0.118. The molecule has 2 unspecified atom stereocenters. The summed E-state index contributed by atoms with van der Waals surface area (Å²) in [5.41, 5.74) is 6.13. The van der Waals surface area contributed by atoms with E-state index in [-0.39, 0.29) is 29.7 Å². The minimum Gasteiger partial charge on any atom is -0.351 e. The second-order valence-corrected chi connectivity index (χ2v) is 10.7. The number of amides is 1. The van der Waals surface area contributed by atoms with Gasteiger partial charge in [0, 0.05) is 34.9 Å². The monoisotopic (exact) mass is 561 g/mol. The van der Waals surface area contributed by atoms with Gasteiger partial charge in [-0.2, -0.15) is 0 Å². The molecule has 0 radical (unpaired) electrons. The Morgan fingerprint density at radius 2 is 1.79 bits per heavy atom. The third-order valence-electron chi connectivity index (χ3n) is 6.98. The predicted molar refractivity (Wildman–Crippen MR) is 158 cm³/mol. The van der Waals surface area contributed by atoms with Gasteiger partial charge < -0.3 is 20.1 Å². The number of carbonyl (C=O) groups excluding carboxylic acids is 1. The van der Waals surface area contributed by atoms with Crippen LogP contribution in [0.4, 0.5) is 15.8 Å². The summed E-state index contributed by atoms with van der Waals surface area (Å²) in [6.45, 7) is 7.75. The number of thiocarbonyl (C=S) groups is 1. The van der Waals surface area contributed by atoms with Crippen molar-refractivity contribution in [1.82, 2.24) is 14.9 Å². The van der Waals surface area contributed by atoms with Gasteiger partial charge in [0.1, 0.15) is 5.82 Å². The van der Waals surface area contributed by atoms with Crippen LogP contribution in [0.5, 0.6) is 0 Å². The molecule has 5 rings (SSSR count). The number of nitrogens with one attached hydrogen (secondary N) is 2. The quantitative estimate of drug-likeness (QED) is 0.247. The predicted octanol–water partition coefficient (Wildman–Crippen LogP) is 7.05. The van der Waals surface area contributed by atoms with Gasteiger partial charge in [-0.05, 0) is 92.3 Å². The Kier molecular flexibility index (Phi) is 7.42. The van der Waals surface area contributed by atoms with Crippen LogP contribution in [-0.2, 0) is 4.79 Å². The molecule has 9 heteroatoms. The zero-order chi connectivity index (χ0) is 27.8. The molecule has 1 fully saturated rings. The summed E-state index contributed by atoms with van der Waals surface area (Å²) in [5, 5.41) is 7.31. The van der Waals surface area contributed by atoms with Gasteiger partial charge in [0.05, 0.1) is 28.5 Å². The molecule has 4 aromatic rings. The molecule has 2 N–H and O–H groups in total. The Hall–Kier alpha value is -3.75. The summed E-state index contributed by atoms with van der Waals surface area (Å²) in [6.07, 6.45) is 1.77. The van der Waals surface area contributed by atoms with Gasteiger partial charge in [-0.1, -0.05) is 31.5 Å². The Morgan fingerprint density at radius 1 is 1.08 bits per heavy atom. The van der Waals surface area contributed by atoms with Gasteiger partial charge in [0.25, 0.3) is 0 Å². The molecule has 39 heavy (non-hydrogen) atoms. The minimum absolute atomic E-state index is 0.107. The second kappa shape index (κ2) is 10.8. The molecule has 2 aromatic carbocycles. The molecule has 1 saturated heterocycles. The highest BCUT2D eigenvalue weighted by Crippen LogP contribution is 2.44. The van der Waals surface area contributed by atoms with Crippen molar-refractivity contribution in [2.24, 2.45) is 5.92 Å². The maximum atomic E-state index is 13.7. The second-order valence-electron chi connectivity index (χ2n) is 9.94. The van der Waals surface area contributed by atoms with Gasteiger partial charge >= 0.3 is 0 Å². The molecule has 3 heterocycles. The fourth-order valence-electron chi connectivity index (χ4n) is 5.06. The molecular weight excluding hydrogens is 533 g/mol. The van der Waals surface area contributed by atoms with Gasteiger partial charge in [-0.15, -0.1) is 0 Å². The van der Waals surface area contributed by atoms with Crippen molar-refractivity contribution < 1.29 is 9.18 Å². The fourth-order valence-corrected chi connectivity index (χ4v) is 5.62. The van der Waals surface area contributed by atoms with Gasteiger partial charge in [0.2, 0.25) is 5.91 Å². The molecule has 6 nitrogen and oxygen atoms in total. The van der Waals surface area contributed by atoms with E-state index in [0.29, 0.717) is 15.8 Å². The number of anilines is 2. The number of pyridine rings is 1. The van der Waals surface area contributed by atoms with Gasteiger partial charge in [-0.3, -0.25) is 9.78 Å². The summed E-state index contributed by atoms with van der Waals surface area (Å²) in [6, 6.07) is 19.5. The molecule has 1 amide bonds. The van der Waals surface area contributed by atoms with Crippen molar-refractivity contribution in [1.29, 1.82) is 0 Å². The van der Waals surface area contributed by atoms with Crippen molar-refractivity contribution >= 4 is 46.2 Å². The summed E-state index contributed by atoms with van der Waals surface area (Å²) < 4.78 is 15.8. The van der Waals surface area contributed by atoms with Crippen LogP contribution in [0, 0.1) is 25.6 Å². The van der Waals surface area contributed by atoms with Crippen LogP contribution in [0.1, 0.15) is 48.6 Å². The maximum absolute atomic E-state index is 13.7. The van der Waals surface area contributed by atoms with Crippen LogP contribution in [0.2, 0.25) is 5.02 Å². The Balaban J connectivity index is 1.61. The zero-order valence-corrected chi connectivity index (χ0v) is 23.6. The van der Waals surface area contributed by atoms with E-state index in [9.17, 15) is 9.18 Å². The average molecular weight is 562 g/mol. The van der Waals surface area contributed by atoms with Gasteiger partial charge in [-0.25, -0.2) is 4.39 Å². The molecule has 200 valence electrons. The summed E-state index contributed by atoms with van der Waals surface area (Å²) >= 11 is 12.5. The van der Waals surface area contributed by atoms with Crippen molar-refractivity contribution in [3.63, 3.8) is 0 Å². The topological polar surface area (TPSA) is 62.2 Å². The lowest BCUT2D eigenvalue weighted by atomic mass is 9.96. The van der Waals surface area contributed by atoms with Crippen LogP contribution in [0.3, 0.4) is 0 Å². The highest BCUT2D eigenvalue weighted by Gasteiger charge is 2.42. The van der Waals surface area contributed by atoms with Crippen LogP contribution in [-0.4, -0.2) is 20.6 Å². The van der Waals surface area contributed by atoms with E-state index in [0.717, 1.165) is 34.0 Å². The van der Waals surface area contributed by atoms with Crippen LogP contribution >= 0.6 is 23.8 Å². The molecule has 0 spiro atoms. The first kappa shape index (κ1) is 26.8. The number of aromatic nitrogens is 2. The Labute approximate surface area is 237 Å². The van der Waals surface area contributed by atoms with Crippen molar-refractivity contribution in [2.45, 2.75) is 39.8 Å². The van der Waals surface area contributed by atoms with Crippen molar-refractivity contribution in [2.75, 3.05) is 10.2 Å². The normalized spacial score (nSPS) is 17.0. The van der Waals surface area contributed by atoms with E-state index in [4.69, 9.17) is 23.8 Å². The maximum Gasteiger partial charge on any atom is 0.226 e. The molecule has 1 aliphatic rings. The van der Waals surface area contributed by atoms with Crippen LogP contribution in [0.25, 0.3) is 5.69 Å². The van der Waals surface area contributed by atoms with Crippen molar-refractivity contribution in [3.05, 3.63) is 106 Å². The largest absolute Gasteiger partial charge is 0.351 e. The number of hydrogen-bond acceptors (Lipinski definition) is 3. The van der Waals surface area contributed by atoms with Crippen molar-refractivity contribution in [3.8, 4) is 5.69 Å². The molecule has 0 aliphatic carbocycles. The van der Waals surface area contributed by atoms with Crippen LogP contribution in [0.15, 0.2) is 72.9 Å². The summed E-state index contributed by atoms with van der Waals surface area (Å²) in [5.74, 6) is -0.557. The molecular formula is C30H29ClFN5OS. The summed E-state index contributed by atoms with van der Waals surface area (Å²) in [7, 11) is 0. The molecule has 2 aromatic heterocycles. The Bertz CT molecular complexity index is 1540. The van der Waals surface area contributed by atoms with E-state index in [2.05, 4.69) is 33.2 Å². The fraction of sp³-hybridized carbons (Fsp3) is 0.233. The molecule has 2 atom stereocenters. The number of hydrogen-bond donors (Lipinski definition) is 2. The first-order valence-corrected chi connectivity index (χ1v) is 13.5. The van der Waals surface area contributed by atoms with E-state index in [1.165, 1.54) is 12.1 Å². The lowest BCUT2D eigenvalue weighted by Gasteiger charge is -2.28. The highest BCUT2D eigenvalue weighted by atomic mass is 35.5. The number of benzene rings is 2. The highest BCUT2D eigenvalue weighted by molar-refractivity contribution is 7.80. The Morgan fingerprint density at radius 3 is 2.44 bits per heavy atom. The SMILES string of the molecule is Cc1cc(C2C(c3ccccn3)NC(=S)N2c2ccc(NC(=O)C(C)C)c(Cl)c2)c(C)n1-c1ccc(F)cc1. The molecule has 0 bridgehead atoms. The van der Waals surface area contributed by atoms with Gasteiger partial charge in [0.15, 0.2) is 5.11 Å². The third-order valence-corrected chi connectivity index (χ3v) is 7.61. The molecule has 0 saturated carbocycles. The van der Waals surface area contributed by atoms with E-state index in [1.54, 1.807) is 24.4 Å². The molecule has 1 aliphatic heterocycles. The van der Waals surface area contributed by atoms with E-state index < -0.39 is 0 Å². The standard InChI is InChI=1S/C30H29ClFN5OS/c1-17(2)29(38)34-25-13-12-22(16-24(25)31)37-28(27(35-30(37)39)26-7-5-6-14-33-26)23-15-18(3)36(19(23)4)21-10-8-20(32)9-11-21/h5-17,27-28H,1-4H3,(H,34,38)(H,35,39). The van der Waals surface area contributed by atoms with Crippen LogP contribution < -0.4 is 15.5 Å². The number of halogens is 2. The van der Waals surface area contributed by atoms with E-state index in [1.807, 2.05) is 56.0 Å². The number of rotatable bonds is 6. The first-order valence-electron chi connectivity index (χ1n) is 12.7. The van der Waals surface area contributed by atoms with E-state index >= 15 is 0 Å². The smallest absolute Gasteiger partial charge is 0.226 e. The number of nitrogens with zero attached hydrogens (tertiary/aromatic N) is 3. The average Bonchev–Trinajstić information content (AvgIpc) is 3.41.